The lowest BCUT2D eigenvalue weighted by Gasteiger charge is -2.11. The van der Waals surface area contributed by atoms with Crippen LogP contribution < -0.4 is 5.32 Å². The quantitative estimate of drug-likeness (QED) is 0.749. The highest BCUT2D eigenvalue weighted by atomic mass is 35.5. The highest BCUT2D eigenvalue weighted by molar-refractivity contribution is 7.90. The van der Waals surface area contributed by atoms with Gasteiger partial charge in [-0.25, -0.2) is 8.42 Å². The van der Waals surface area contributed by atoms with E-state index in [9.17, 15) is 8.42 Å². The van der Waals surface area contributed by atoms with Gasteiger partial charge in [-0.3, -0.25) is 0 Å². The van der Waals surface area contributed by atoms with E-state index in [0.717, 1.165) is 19.4 Å². The van der Waals surface area contributed by atoms with E-state index in [-0.39, 0.29) is 11.5 Å². The van der Waals surface area contributed by atoms with E-state index in [1.165, 1.54) is 6.26 Å². The van der Waals surface area contributed by atoms with E-state index in [2.05, 4.69) is 5.32 Å². The first-order valence-electron chi connectivity index (χ1n) is 5.76. The molecule has 0 saturated heterocycles. The van der Waals surface area contributed by atoms with E-state index < -0.39 is 9.84 Å². The maximum Gasteiger partial charge on any atom is 0.175 e. The third-order valence-corrected chi connectivity index (χ3v) is 4.07. The summed E-state index contributed by atoms with van der Waals surface area (Å²) >= 11 is 6.03. The van der Waals surface area contributed by atoms with Crippen LogP contribution >= 0.6 is 11.6 Å². The van der Waals surface area contributed by atoms with E-state index in [1.54, 1.807) is 18.2 Å². The second-order valence-corrected chi connectivity index (χ2v) is 6.49. The molecule has 18 heavy (non-hydrogen) atoms. The molecule has 0 radical (unpaired) electrons. The Bertz CT molecular complexity index is 488. The number of hydrogen-bond donors (Lipinski definition) is 2. The van der Waals surface area contributed by atoms with E-state index in [4.69, 9.17) is 16.7 Å². The molecule has 1 rings (SSSR count). The van der Waals surface area contributed by atoms with Crippen LogP contribution in [0.15, 0.2) is 23.1 Å². The first-order valence-corrected chi connectivity index (χ1v) is 8.02. The van der Waals surface area contributed by atoms with Gasteiger partial charge in [0.15, 0.2) is 9.84 Å². The smallest absolute Gasteiger partial charge is 0.175 e. The molecule has 0 fully saturated rings. The van der Waals surface area contributed by atoms with Gasteiger partial charge in [0, 0.05) is 30.0 Å². The molecular weight excluding hydrogens is 274 g/mol. The fourth-order valence-corrected chi connectivity index (χ4v) is 2.89. The molecule has 0 spiro atoms. The predicted octanol–water partition coefficient (Wildman–Crippen LogP) is 1.61. The summed E-state index contributed by atoms with van der Waals surface area (Å²) < 4.78 is 23.2. The second kappa shape index (κ2) is 7.09. The monoisotopic (exact) mass is 291 g/mol. The highest BCUT2D eigenvalue weighted by Crippen LogP contribution is 2.23. The molecular formula is C12H18ClNO3S. The maximum atomic E-state index is 11.6. The molecule has 1 aromatic rings. The third-order valence-electron chi connectivity index (χ3n) is 2.54. The number of halogens is 1. The van der Waals surface area contributed by atoms with Crippen LogP contribution in [0, 0.1) is 0 Å². The van der Waals surface area contributed by atoms with Crippen molar-refractivity contribution in [3.05, 3.63) is 28.8 Å². The molecule has 0 aliphatic carbocycles. The minimum absolute atomic E-state index is 0.169. The predicted molar refractivity (Wildman–Crippen MR) is 72.6 cm³/mol. The van der Waals surface area contributed by atoms with Crippen molar-refractivity contribution < 1.29 is 13.5 Å². The molecule has 1 aromatic carbocycles. The van der Waals surface area contributed by atoms with Crippen LogP contribution in [0.4, 0.5) is 0 Å². The van der Waals surface area contributed by atoms with Crippen LogP contribution in [-0.4, -0.2) is 32.9 Å². The molecule has 0 atom stereocenters. The van der Waals surface area contributed by atoms with Crippen molar-refractivity contribution in [3.8, 4) is 0 Å². The molecule has 0 aromatic heterocycles. The van der Waals surface area contributed by atoms with Gasteiger partial charge in [-0.1, -0.05) is 17.7 Å². The summed E-state index contributed by atoms with van der Waals surface area (Å²) in [6.45, 7) is 1.30. The standard InChI is InChI=1S/C12H18ClNO3S/c1-18(16,17)12-6-4-5-11(13)10(12)9-14-7-2-3-8-15/h4-6,14-15H,2-3,7-9H2,1H3. The van der Waals surface area contributed by atoms with E-state index in [0.29, 0.717) is 17.1 Å². The number of unbranched alkanes of at least 4 members (excludes halogenated alkanes) is 1. The summed E-state index contributed by atoms with van der Waals surface area (Å²) in [5, 5.41) is 12.2. The van der Waals surface area contributed by atoms with Crippen LogP contribution in [0.2, 0.25) is 5.02 Å². The van der Waals surface area contributed by atoms with Crippen LogP contribution in [-0.2, 0) is 16.4 Å². The topological polar surface area (TPSA) is 66.4 Å². The minimum Gasteiger partial charge on any atom is -0.396 e. The van der Waals surface area contributed by atoms with Crippen LogP contribution in [0.5, 0.6) is 0 Å². The summed E-state index contributed by atoms with van der Waals surface area (Å²) in [5.41, 5.74) is 0.602. The largest absolute Gasteiger partial charge is 0.396 e. The highest BCUT2D eigenvalue weighted by Gasteiger charge is 2.15. The van der Waals surface area contributed by atoms with Gasteiger partial charge < -0.3 is 10.4 Å². The zero-order chi connectivity index (χ0) is 13.6. The van der Waals surface area contributed by atoms with Crippen LogP contribution in [0.3, 0.4) is 0 Å². The average molecular weight is 292 g/mol. The molecule has 0 unspecified atom stereocenters. The van der Waals surface area contributed by atoms with Crippen molar-refractivity contribution in [2.75, 3.05) is 19.4 Å². The van der Waals surface area contributed by atoms with Crippen molar-refractivity contribution in [2.24, 2.45) is 0 Å². The summed E-state index contributed by atoms with van der Waals surface area (Å²) in [6, 6.07) is 4.88. The number of hydrogen-bond acceptors (Lipinski definition) is 4. The Morgan fingerprint density at radius 1 is 1.33 bits per heavy atom. The Hall–Kier alpha value is -0.620. The molecule has 0 amide bonds. The number of rotatable bonds is 7. The normalized spacial score (nSPS) is 11.7. The second-order valence-electron chi connectivity index (χ2n) is 4.10. The fraction of sp³-hybridized carbons (Fsp3) is 0.500. The Labute approximate surface area is 113 Å². The van der Waals surface area contributed by atoms with Crippen molar-refractivity contribution in [1.29, 1.82) is 0 Å². The zero-order valence-corrected chi connectivity index (χ0v) is 11.9. The fourth-order valence-electron chi connectivity index (χ4n) is 1.63. The Morgan fingerprint density at radius 2 is 2.06 bits per heavy atom. The number of benzene rings is 1. The van der Waals surface area contributed by atoms with E-state index >= 15 is 0 Å². The summed E-state index contributed by atoms with van der Waals surface area (Å²) in [5.74, 6) is 0. The third kappa shape index (κ3) is 4.57. The lowest BCUT2D eigenvalue weighted by Crippen LogP contribution is -2.17. The van der Waals surface area contributed by atoms with Crippen molar-refractivity contribution in [2.45, 2.75) is 24.3 Å². The molecule has 0 saturated carbocycles. The van der Waals surface area contributed by atoms with Crippen molar-refractivity contribution in [3.63, 3.8) is 0 Å². The maximum absolute atomic E-state index is 11.6. The van der Waals surface area contributed by atoms with Gasteiger partial charge in [0.05, 0.1) is 4.90 Å². The zero-order valence-electron chi connectivity index (χ0n) is 10.3. The molecule has 102 valence electrons. The molecule has 0 aliphatic heterocycles. The summed E-state index contributed by atoms with van der Waals surface area (Å²) in [4.78, 5) is 0.268. The van der Waals surface area contributed by atoms with Crippen LogP contribution in [0.1, 0.15) is 18.4 Å². The van der Waals surface area contributed by atoms with Crippen molar-refractivity contribution >= 4 is 21.4 Å². The Balaban J connectivity index is 2.75. The Kier molecular flexibility index (Phi) is 6.08. The summed E-state index contributed by atoms with van der Waals surface area (Å²) in [7, 11) is -3.27. The number of aliphatic hydroxyl groups excluding tert-OH is 1. The number of nitrogens with one attached hydrogen (secondary N) is 1. The first-order chi connectivity index (χ1) is 8.46. The average Bonchev–Trinajstić information content (AvgIpc) is 2.29. The Morgan fingerprint density at radius 3 is 2.67 bits per heavy atom. The number of sulfone groups is 1. The molecule has 0 aliphatic rings. The SMILES string of the molecule is CS(=O)(=O)c1cccc(Cl)c1CNCCCCO. The number of aliphatic hydroxyl groups is 1. The molecule has 6 heteroatoms. The lowest BCUT2D eigenvalue weighted by atomic mass is 10.2. The van der Waals surface area contributed by atoms with Gasteiger partial charge >= 0.3 is 0 Å². The van der Waals surface area contributed by atoms with Crippen LogP contribution in [0.25, 0.3) is 0 Å². The van der Waals surface area contributed by atoms with Gasteiger partial charge in [0.1, 0.15) is 0 Å². The molecule has 2 N–H and O–H groups in total. The molecule has 4 nitrogen and oxygen atoms in total. The van der Waals surface area contributed by atoms with Gasteiger partial charge in [0.25, 0.3) is 0 Å². The minimum atomic E-state index is -3.27. The van der Waals surface area contributed by atoms with Gasteiger partial charge in [-0.2, -0.15) is 0 Å². The van der Waals surface area contributed by atoms with Gasteiger partial charge in [-0.05, 0) is 31.5 Å². The first kappa shape index (κ1) is 15.4. The van der Waals surface area contributed by atoms with E-state index in [1.807, 2.05) is 0 Å². The summed E-state index contributed by atoms with van der Waals surface area (Å²) in [6.07, 6.45) is 2.75. The van der Waals surface area contributed by atoms with Gasteiger partial charge in [-0.15, -0.1) is 0 Å². The van der Waals surface area contributed by atoms with Gasteiger partial charge in [0.2, 0.25) is 0 Å². The lowest BCUT2D eigenvalue weighted by molar-refractivity contribution is 0.283. The molecule has 0 bridgehead atoms. The molecule has 0 heterocycles. The van der Waals surface area contributed by atoms with Crippen molar-refractivity contribution in [1.82, 2.24) is 5.32 Å².